The van der Waals surface area contributed by atoms with Crippen LogP contribution in [0.4, 0.5) is 5.82 Å². The molecule has 3 aromatic rings. The van der Waals surface area contributed by atoms with Gasteiger partial charge in [-0.05, 0) is 18.6 Å². The minimum Gasteiger partial charge on any atom is -0.350 e. The van der Waals surface area contributed by atoms with E-state index in [2.05, 4.69) is 48.3 Å². The van der Waals surface area contributed by atoms with Gasteiger partial charge in [-0.25, -0.2) is 15.0 Å². The third-order valence-corrected chi connectivity index (χ3v) is 5.20. The first-order chi connectivity index (χ1) is 13.1. The van der Waals surface area contributed by atoms with Crippen molar-refractivity contribution < 1.29 is 0 Å². The Bertz CT molecular complexity index is 945. The number of hydrogen-bond donors (Lipinski definition) is 0. The fraction of sp³-hybridized carbons (Fsp3) is 0.429. The van der Waals surface area contributed by atoms with Gasteiger partial charge in [-0.3, -0.25) is 4.98 Å². The van der Waals surface area contributed by atoms with Crippen LogP contribution in [0.1, 0.15) is 49.6 Å². The SMILES string of the molecule is CCc1cc(N2CCc3c(nc(C(C)C)n3C)C2)nc(-c2ccncc2)n1. The molecule has 0 N–H and O–H groups in total. The Morgan fingerprint density at radius 2 is 1.89 bits per heavy atom. The standard InChI is InChI=1S/C21H26N6/c1-5-16-12-19(25-20(23-16)15-6-9-22-10-7-15)27-11-8-18-17(13-27)24-21(14(2)3)26(18)4/h6-7,9-10,12,14H,5,8,11,13H2,1-4H3. The van der Waals surface area contributed by atoms with E-state index in [0.29, 0.717) is 5.92 Å². The molecule has 0 bridgehead atoms. The van der Waals surface area contributed by atoms with Crippen LogP contribution in [0.25, 0.3) is 11.4 Å². The predicted octanol–water partition coefficient (Wildman–Crippen LogP) is 3.52. The van der Waals surface area contributed by atoms with Crippen LogP contribution < -0.4 is 4.90 Å². The summed E-state index contributed by atoms with van der Waals surface area (Å²) in [6.45, 7) is 8.27. The molecule has 0 radical (unpaired) electrons. The second-order valence-corrected chi connectivity index (χ2v) is 7.38. The maximum absolute atomic E-state index is 4.92. The molecular formula is C21H26N6. The number of nitrogens with zero attached hydrogens (tertiary/aromatic N) is 6. The van der Waals surface area contributed by atoms with Crippen molar-refractivity contribution in [2.45, 2.75) is 46.1 Å². The van der Waals surface area contributed by atoms with Crippen molar-refractivity contribution in [3.05, 3.63) is 53.5 Å². The monoisotopic (exact) mass is 362 g/mol. The van der Waals surface area contributed by atoms with Crippen molar-refractivity contribution >= 4 is 5.82 Å². The molecule has 6 nitrogen and oxygen atoms in total. The van der Waals surface area contributed by atoms with Gasteiger partial charge in [-0.15, -0.1) is 0 Å². The fourth-order valence-corrected chi connectivity index (χ4v) is 3.72. The number of anilines is 1. The highest BCUT2D eigenvalue weighted by Crippen LogP contribution is 2.27. The molecule has 3 aromatic heterocycles. The van der Waals surface area contributed by atoms with Gasteiger partial charge in [0, 0.05) is 61.3 Å². The lowest BCUT2D eigenvalue weighted by Gasteiger charge is -2.28. The van der Waals surface area contributed by atoms with Crippen LogP contribution >= 0.6 is 0 Å². The summed E-state index contributed by atoms with van der Waals surface area (Å²) in [5, 5.41) is 0. The molecule has 0 saturated heterocycles. The molecule has 0 aromatic carbocycles. The van der Waals surface area contributed by atoms with Crippen molar-refractivity contribution in [2.75, 3.05) is 11.4 Å². The Morgan fingerprint density at radius 3 is 2.59 bits per heavy atom. The molecule has 4 rings (SSSR count). The van der Waals surface area contributed by atoms with Crippen molar-refractivity contribution in [3.63, 3.8) is 0 Å². The van der Waals surface area contributed by atoms with Gasteiger partial charge in [0.1, 0.15) is 11.6 Å². The molecule has 140 valence electrons. The van der Waals surface area contributed by atoms with E-state index < -0.39 is 0 Å². The summed E-state index contributed by atoms with van der Waals surface area (Å²) in [4.78, 5) is 20.9. The van der Waals surface area contributed by atoms with Gasteiger partial charge in [-0.1, -0.05) is 20.8 Å². The van der Waals surface area contributed by atoms with Gasteiger partial charge in [0.15, 0.2) is 5.82 Å². The van der Waals surface area contributed by atoms with Crippen LogP contribution in [0.2, 0.25) is 0 Å². The summed E-state index contributed by atoms with van der Waals surface area (Å²) in [7, 11) is 2.14. The first-order valence-electron chi connectivity index (χ1n) is 9.64. The number of rotatable bonds is 4. The molecular weight excluding hydrogens is 336 g/mol. The maximum Gasteiger partial charge on any atom is 0.161 e. The van der Waals surface area contributed by atoms with Crippen molar-refractivity contribution in [2.24, 2.45) is 7.05 Å². The summed E-state index contributed by atoms with van der Waals surface area (Å²) < 4.78 is 2.27. The van der Waals surface area contributed by atoms with E-state index in [9.17, 15) is 0 Å². The smallest absolute Gasteiger partial charge is 0.161 e. The summed E-state index contributed by atoms with van der Waals surface area (Å²) in [5.41, 5.74) is 4.59. The van der Waals surface area contributed by atoms with E-state index in [1.165, 1.54) is 11.4 Å². The molecule has 0 spiro atoms. The molecule has 27 heavy (non-hydrogen) atoms. The van der Waals surface area contributed by atoms with Gasteiger partial charge in [0.2, 0.25) is 0 Å². The summed E-state index contributed by atoms with van der Waals surface area (Å²) in [6, 6.07) is 6.03. The molecule has 4 heterocycles. The highest BCUT2D eigenvalue weighted by Gasteiger charge is 2.25. The Kier molecular flexibility index (Phi) is 4.64. The van der Waals surface area contributed by atoms with E-state index in [4.69, 9.17) is 15.0 Å². The van der Waals surface area contributed by atoms with Gasteiger partial charge in [-0.2, -0.15) is 0 Å². The lowest BCUT2D eigenvalue weighted by atomic mass is 10.1. The minimum absolute atomic E-state index is 0.429. The highest BCUT2D eigenvalue weighted by atomic mass is 15.2. The number of imidazole rings is 1. The molecule has 1 aliphatic heterocycles. The third-order valence-electron chi connectivity index (χ3n) is 5.20. The van der Waals surface area contributed by atoms with E-state index in [1.54, 1.807) is 12.4 Å². The first-order valence-corrected chi connectivity index (χ1v) is 9.64. The Morgan fingerprint density at radius 1 is 1.11 bits per heavy atom. The number of pyridine rings is 1. The molecule has 0 atom stereocenters. The Labute approximate surface area is 160 Å². The highest BCUT2D eigenvalue weighted by molar-refractivity contribution is 5.57. The molecule has 0 unspecified atom stereocenters. The Balaban J connectivity index is 1.69. The van der Waals surface area contributed by atoms with Gasteiger partial charge < -0.3 is 9.47 Å². The third kappa shape index (κ3) is 3.31. The second-order valence-electron chi connectivity index (χ2n) is 7.38. The minimum atomic E-state index is 0.429. The van der Waals surface area contributed by atoms with Crippen LogP contribution in [-0.2, 0) is 26.4 Å². The average Bonchev–Trinajstić information content (AvgIpc) is 3.04. The summed E-state index contributed by atoms with van der Waals surface area (Å²) in [5.74, 6) is 3.34. The fourth-order valence-electron chi connectivity index (χ4n) is 3.72. The van der Waals surface area contributed by atoms with Crippen molar-refractivity contribution in [3.8, 4) is 11.4 Å². The van der Waals surface area contributed by atoms with Crippen molar-refractivity contribution in [1.29, 1.82) is 0 Å². The number of fused-ring (bicyclic) bond motifs is 1. The zero-order valence-corrected chi connectivity index (χ0v) is 16.5. The second kappa shape index (κ2) is 7.10. The zero-order valence-electron chi connectivity index (χ0n) is 16.5. The zero-order chi connectivity index (χ0) is 19.0. The summed E-state index contributed by atoms with van der Waals surface area (Å²) in [6.07, 6.45) is 5.44. The number of hydrogen-bond acceptors (Lipinski definition) is 5. The van der Waals surface area contributed by atoms with Crippen LogP contribution in [0.15, 0.2) is 30.6 Å². The topological polar surface area (TPSA) is 59.7 Å². The van der Waals surface area contributed by atoms with Gasteiger partial charge >= 0.3 is 0 Å². The molecule has 0 aliphatic carbocycles. The van der Waals surface area contributed by atoms with Gasteiger partial charge in [0.05, 0.1) is 12.2 Å². The number of aromatic nitrogens is 5. The number of aryl methyl sites for hydroxylation is 1. The Hall–Kier alpha value is -2.76. The van der Waals surface area contributed by atoms with Crippen LogP contribution in [0, 0.1) is 0 Å². The first kappa shape index (κ1) is 17.6. The molecule has 0 amide bonds. The lowest BCUT2D eigenvalue weighted by molar-refractivity contribution is 0.658. The maximum atomic E-state index is 4.92. The summed E-state index contributed by atoms with van der Waals surface area (Å²) >= 11 is 0. The molecule has 1 aliphatic rings. The quantitative estimate of drug-likeness (QED) is 0.711. The van der Waals surface area contributed by atoms with E-state index in [1.807, 2.05) is 12.1 Å². The van der Waals surface area contributed by atoms with Crippen LogP contribution in [0.5, 0.6) is 0 Å². The van der Waals surface area contributed by atoms with Crippen molar-refractivity contribution in [1.82, 2.24) is 24.5 Å². The van der Waals surface area contributed by atoms with Gasteiger partial charge in [0.25, 0.3) is 0 Å². The molecule has 0 fully saturated rings. The molecule has 6 heteroatoms. The van der Waals surface area contributed by atoms with E-state index in [0.717, 1.165) is 54.7 Å². The van der Waals surface area contributed by atoms with Crippen LogP contribution in [-0.4, -0.2) is 31.0 Å². The normalized spacial score (nSPS) is 13.9. The average molecular weight is 362 g/mol. The van der Waals surface area contributed by atoms with Crippen LogP contribution in [0.3, 0.4) is 0 Å². The predicted molar refractivity (Wildman–Crippen MR) is 107 cm³/mol. The lowest BCUT2D eigenvalue weighted by Crippen LogP contribution is -2.32. The largest absolute Gasteiger partial charge is 0.350 e. The van der Waals surface area contributed by atoms with E-state index in [-0.39, 0.29) is 0 Å². The van der Waals surface area contributed by atoms with E-state index >= 15 is 0 Å². The molecule has 0 saturated carbocycles.